The molecule has 4 rings (SSSR count). The van der Waals surface area contributed by atoms with Crippen LogP contribution in [0.4, 0.5) is 0 Å². The van der Waals surface area contributed by atoms with E-state index in [2.05, 4.69) is 20.6 Å². The molecule has 1 aromatic carbocycles. The van der Waals surface area contributed by atoms with Crippen LogP contribution in [0.1, 0.15) is 40.4 Å². The molecule has 2 N–H and O–H groups in total. The molecule has 1 aliphatic heterocycles. The van der Waals surface area contributed by atoms with Crippen molar-refractivity contribution in [3.8, 4) is 0 Å². The van der Waals surface area contributed by atoms with Crippen LogP contribution in [0.25, 0.3) is 10.9 Å². The van der Waals surface area contributed by atoms with E-state index in [1.807, 2.05) is 32.9 Å². The number of carbonyl (C=O) groups is 2. The SMILES string of the molecule is Cc1c(C(=O)NCCn2cc(C(=O)N3C[C@@H](C)O[C@@H](C)C3)nn2)[nH]c2ccc(Cl)cc12. The summed E-state index contributed by atoms with van der Waals surface area (Å²) in [5, 5.41) is 12.4. The van der Waals surface area contributed by atoms with Crippen molar-refractivity contribution < 1.29 is 14.3 Å². The Morgan fingerprint density at radius 3 is 2.77 bits per heavy atom. The molecule has 0 spiro atoms. The monoisotopic (exact) mass is 444 g/mol. The number of ether oxygens (including phenoxy) is 1. The van der Waals surface area contributed by atoms with Gasteiger partial charge in [0.1, 0.15) is 5.69 Å². The normalized spacial score (nSPS) is 19.0. The molecule has 9 nitrogen and oxygen atoms in total. The Labute approximate surface area is 184 Å². The van der Waals surface area contributed by atoms with Crippen LogP contribution in [-0.2, 0) is 11.3 Å². The molecule has 1 saturated heterocycles. The first-order valence-corrected chi connectivity index (χ1v) is 10.6. The fraction of sp³-hybridized carbons (Fsp3) is 0.429. The van der Waals surface area contributed by atoms with Crippen molar-refractivity contribution in [2.45, 2.75) is 39.5 Å². The number of aromatic nitrogens is 4. The van der Waals surface area contributed by atoms with Gasteiger partial charge in [-0.25, -0.2) is 4.68 Å². The van der Waals surface area contributed by atoms with Gasteiger partial charge in [-0.05, 0) is 44.5 Å². The minimum Gasteiger partial charge on any atom is -0.372 e. The van der Waals surface area contributed by atoms with Crippen molar-refractivity contribution in [2.24, 2.45) is 0 Å². The maximum Gasteiger partial charge on any atom is 0.276 e. The van der Waals surface area contributed by atoms with Crippen LogP contribution < -0.4 is 5.32 Å². The first kappa shape index (κ1) is 21.3. The van der Waals surface area contributed by atoms with Crippen molar-refractivity contribution in [3.63, 3.8) is 0 Å². The van der Waals surface area contributed by atoms with E-state index in [1.54, 1.807) is 21.8 Å². The summed E-state index contributed by atoms with van der Waals surface area (Å²) < 4.78 is 7.22. The lowest BCUT2D eigenvalue weighted by Gasteiger charge is -2.34. The van der Waals surface area contributed by atoms with E-state index < -0.39 is 0 Å². The first-order valence-electron chi connectivity index (χ1n) is 10.2. The van der Waals surface area contributed by atoms with Gasteiger partial charge in [0.2, 0.25) is 0 Å². The Hall–Kier alpha value is -2.91. The number of aromatic amines is 1. The molecule has 10 heteroatoms. The summed E-state index contributed by atoms with van der Waals surface area (Å²) in [6, 6.07) is 5.47. The number of rotatable bonds is 5. The second-order valence-corrected chi connectivity index (χ2v) is 8.34. The number of benzene rings is 1. The lowest BCUT2D eigenvalue weighted by atomic mass is 10.1. The number of hydrogen-bond donors (Lipinski definition) is 2. The Morgan fingerprint density at radius 2 is 2.03 bits per heavy atom. The molecule has 0 radical (unpaired) electrons. The Bertz CT molecular complexity index is 1110. The number of hydrogen-bond acceptors (Lipinski definition) is 5. The summed E-state index contributed by atoms with van der Waals surface area (Å²) in [6.45, 7) is 7.57. The Balaban J connectivity index is 1.34. The molecule has 2 aromatic heterocycles. The number of H-pyrrole nitrogens is 1. The van der Waals surface area contributed by atoms with E-state index in [9.17, 15) is 9.59 Å². The third-order valence-corrected chi connectivity index (χ3v) is 5.57. The zero-order valence-electron chi connectivity index (χ0n) is 17.7. The summed E-state index contributed by atoms with van der Waals surface area (Å²) in [5.74, 6) is -0.373. The van der Waals surface area contributed by atoms with Gasteiger partial charge in [0.15, 0.2) is 5.69 Å². The fourth-order valence-electron chi connectivity index (χ4n) is 3.91. The van der Waals surface area contributed by atoms with Gasteiger partial charge in [0.05, 0.1) is 24.9 Å². The van der Waals surface area contributed by atoms with Gasteiger partial charge in [0.25, 0.3) is 11.8 Å². The summed E-state index contributed by atoms with van der Waals surface area (Å²) >= 11 is 6.06. The highest BCUT2D eigenvalue weighted by molar-refractivity contribution is 6.31. The fourth-order valence-corrected chi connectivity index (χ4v) is 4.08. The third kappa shape index (κ3) is 4.57. The third-order valence-electron chi connectivity index (χ3n) is 5.34. The summed E-state index contributed by atoms with van der Waals surface area (Å²) in [7, 11) is 0. The van der Waals surface area contributed by atoms with Crippen molar-refractivity contribution >= 4 is 34.3 Å². The molecule has 0 bridgehead atoms. The second-order valence-electron chi connectivity index (χ2n) is 7.91. The van der Waals surface area contributed by atoms with Crippen LogP contribution in [-0.4, -0.2) is 68.5 Å². The van der Waals surface area contributed by atoms with Crippen LogP contribution >= 0.6 is 11.6 Å². The molecule has 3 aromatic rings. The average molecular weight is 445 g/mol. The Kier molecular flexibility index (Phi) is 5.97. The van der Waals surface area contributed by atoms with E-state index >= 15 is 0 Å². The van der Waals surface area contributed by atoms with Crippen LogP contribution in [0.15, 0.2) is 24.4 Å². The van der Waals surface area contributed by atoms with E-state index in [-0.39, 0.29) is 29.7 Å². The number of carbonyl (C=O) groups excluding carboxylic acids is 2. The highest BCUT2D eigenvalue weighted by atomic mass is 35.5. The van der Waals surface area contributed by atoms with Gasteiger partial charge in [-0.2, -0.15) is 0 Å². The molecule has 31 heavy (non-hydrogen) atoms. The van der Waals surface area contributed by atoms with Crippen LogP contribution in [0.3, 0.4) is 0 Å². The Morgan fingerprint density at radius 1 is 1.29 bits per heavy atom. The maximum atomic E-state index is 12.7. The van der Waals surface area contributed by atoms with Crippen molar-refractivity contribution in [2.75, 3.05) is 19.6 Å². The lowest BCUT2D eigenvalue weighted by Crippen LogP contribution is -2.48. The minimum atomic E-state index is -0.211. The van der Waals surface area contributed by atoms with E-state index in [0.717, 1.165) is 16.5 Å². The molecule has 2 atom stereocenters. The van der Waals surface area contributed by atoms with Gasteiger partial charge in [-0.15, -0.1) is 5.10 Å². The second kappa shape index (κ2) is 8.68. The molecular formula is C21H25ClN6O3. The first-order chi connectivity index (χ1) is 14.8. The van der Waals surface area contributed by atoms with E-state index in [1.165, 1.54) is 0 Å². The molecule has 0 aliphatic carbocycles. The zero-order chi connectivity index (χ0) is 22.1. The predicted octanol–water partition coefficient (Wildman–Crippen LogP) is 2.40. The van der Waals surface area contributed by atoms with Gasteiger partial charge in [-0.1, -0.05) is 16.8 Å². The van der Waals surface area contributed by atoms with Crippen LogP contribution in [0.5, 0.6) is 0 Å². The zero-order valence-corrected chi connectivity index (χ0v) is 18.4. The van der Waals surface area contributed by atoms with Crippen molar-refractivity contribution in [1.82, 2.24) is 30.2 Å². The molecule has 3 heterocycles. The largest absolute Gasteiger partial charge is 0.372 e. The number of fused-ring (bicyclic) bond motifs is 1. The molecular weight excluding hydrogens is 420 g/mol. The van der Waals surface area contributed by atoms with Crippen LogP contribution in [0, 0.1) is 6.92 Å². The van der Waals surface area contributed by atoms with Crippen molar-refractivity contribution in [3.05, 3.63) is 46.4 Å². The van der Waals surface area contributed by atoms with Crippen molar-refractivity contribution in [1.29, 1.82) is 0 Å². The highest BCUT2D eigenvalue weighted by Crippen LogP contribution is 2.24. The number of halogens is 1. The predicted molar refractivity (Wildman–Crippen MR) is 116 cm³/mol. The van der Waals surface area contributed by atoms with Gasteiger partial charge in [-0.3, -0.25) is 9.59 Å². The molecule has 0 unspecified atom stereocenters. The molecule has 0 saturated carbocycles. The highest BCUT2D eigenvalue weighted by Gasteiger charge is 2.28. The van der Waals surface area contributed by atoms with E-state index in [0.29, 0.717) is 36.9 Å². The maximum absolute atomic E-state index is 12.7. The van der Waals surface area contributed by atoms with Gasteiger partial charge >= 0.3 is 0 Å². The quantitative estimate of drug-likeness (QED) is 0.628. The summed E-state index contributed by atoms with van der Waals surface area (Å²) in [4.78, 5) is 30.2. The smallest absolute Gasteiger partial charge is 0.276 e. The molecule has 1 aliphatic rings. The minimum absolute atomic E-state index is 0.0120. The number of nitrogens with one attached hydrogen (secondary N) is 2. The summed E-state index contributed by atoms with van der Waals surface area (Å²) in [5.41, 5.74) is 2.49. The number of nitrogens with zero attached hydrogens (tertiary/aromatic N) is 4. The molecule has 2 amide bonds. The molecule has 164 valence electrons. The topological polar surface area (TPSA) is 105 Å². The number of morpholine rings is 1. The summed E-state index contributed by atoms with van der Waals surface area (Å²) in [6.07, 6.45) is 1.58. The van der Waals surface area contributed by atoms with E-state index in [4.69, 9.17) is 16.3 Å². The lowest BCUT2D eigenvalue weighted by molar-refractivity contribution is -0.0587. The van der Waals surface area contributed by atoms with Crippen LogP contribution in [0.2, 0.25) is 5.02 Å². The number of amides is 2. The number of aryl methyl sites for hydroxylation is 1. The van der Waals surface area contributed by atoms with Gasteiger partial charge in [0, 0.05) is 35.6 Å². The standard InChI is InChI=1S/C21H25ClN6O3/c1-12-9-27(10-13(2)31-12)21(30)18-11-28(26-25-18)7-6-23-20(29)19-14(3)16-8-15(22)4-5-17(16)24-19/h4-5,8,11-13,24H,6-7,9-10H2,1-3H3,(H,23,29)/t12-,13+. The average Bonchev–Trinajstić information content (AvgIpc) is 3.32. The molecule has 1 fully saturated rings. The van der Waals surface area contributed by atoms with Gasteiger partial charge < -0.3 is 19.9 Å².